The number of carbonyl (C=O) groups is 1. The number of carboxylic acid groups (broad SMARTS) is 1. The van der Waals surface area contributed by atoms with Crippen LogP contribution in [0.4, 0.5) is 13.2 Å². The summed E-state index contributed by atoms with van der Waals surface area (Å²) in [6.07, 6.45) is -2.66. The summed E-state index contributed by atoms with van der Waals surface area (Å²) in [4.78, 5) is 10.2. The first kappa shape index (κ1) is 11.5. The quantitative estimate of drug-likeness (QED) is 0.801. The van der Waals surface area contributed by atoms with Crippen molar-refractivity contribution in [2.75, 3.05) is 0 Å². The van der Waals surface area contributed by atoms with E-state index in [4.69, 9.17) is 10.2 Å². The molecule has 0 amide bonds. The highest BCUT2D eigenvalue weighted by Crippen LogP contribution is 2.16. The number of aliphatic hydroxyl groups is 1. The zero-order valence-electron chi connectivity index (χ0n) is 7.38. The maximum Gasteiger partial charge on any atom is 0.332 e. The molecule has 1 aromatic rings. The van der Waals surface area contributed by atoms with E-state index in [1.165, 1.54) is 0 Å². The van der Waals surface area contributed by atoms with Gasteiger partial charge in [-0.1, -0.05) is 0 Å². The minimum Gasteiger partial charge on any atom is -0.479 e. The lowest BCUT2D eigenvalue weighted by molar-refractivity contribution is -0.146. The van der Waals surface area contributed by atoms with Crippen molar-refractivity contribution < 1.29 is 28.2 Å². The van der Waals surface area contributed by atoms with E-state index in [0.717, 1.165) is 0 Å². The second-order valence-electron chi connectivity index (χ2n) is 2.91. The summed E-state index contributed by atoms with van der Waals surface area (Å²) in [5, 5.41) is 17.2. The number of aliphatic carboxylic acids is 1. The van der Waals surface area contributed by atoms with Crippen molar-refractivity contribution in [2.45, 2.75) is 12.5 Å². The van der Waals surface area contributed by atoms with Crippen LogP contribution in [-0.4, -0.2) is 22.3 Å². The molecule has 0 aromatic heterocycles. The van der Waals surface area contributed by atoms with Crippen LogP contribution in [0.3, 0.4) is 0 Å². The molecule has 0 aliphatic carbocycles. The first-order valence-electron chi connectivity index (χ1n) is 3.96. The number of hydrogen-bond acceptors (Lipinski definition) is 2. The molecule has 0 saturated carbocycles. The Hall–Kier alpha value is -1.56. The monoisotopic (exact) mass is 220 g/mol. The number of aliphatic hydroxyl groups excluding tert-OH is 1. The highest BCUT2D eigenvalue weighted by atomic mass is 19.1. The number of rotatable bonds is 3. The fraction of sp³-hybridized carbons (Fsp3) is 0.222. The maximum absolute atomic E-state index is 13.0. The van der Waals surface area contributed by atoms with Crippen molar-refractivity contribution in [1.82, 2.24) is 0 Å². The zero-order chi connectivity index (χ0) is 11.6. The molecule has 0 saturated heterocycles. The Morgan fingerprint density at radius 2 is 1.73 bits per heavy atom. The summed E-state index contributed by atoms with van der Waals surface area (Å²) in [6, 6.07) is 0.847. The van der Waals surface area contributed by atoms with E-state index in [9.17, 15) is 18.0 Å². The molecule has 6 heteroatoms. The van der Waals surface area contributed by atoms with Crippen molar-refractivity contribution in [1.29, 1.82) is 0 Å². The van der Waals surface area contributed by atoms with Crippen molar-refractivity contribution in [2.24, 2.45) is 0 Å². The van der Waals surface area contributed by atoms with Crippen LogP contribution in [0, 0.1) is 17.5 Å². The molecule has 82 valence electrons. The second kappa shape index (κ2) is 4.31. The third-order valence-electron chi connectivity index (χ3n) is 1.79. The third-order valence-corrected chi connectivity index (χ3v) is 1.79. The van der Waals surface area contributed by atoms with Crippen molar-refractivity contribution in [3.63, 3.8) is 0 Å². The first-order valence-corrected chi connectivity index (χ1v) is 3.96. The van der Waals surface area contributed by atoms with E-state index >= 15 is 0 Å². The minimum atomic E-state index is -1.92. The Morgan fingerprint density at radius 1 is 1.27 bits per heavy atom. The Bertz CT molecular complexity index is 369. The van der Waals surface area contributed by atoms with Gasteiger partial charge in [0.05, 0.1) is 0 Å². The Kier molecular flexibility index (Phi) is 3.31. The normalized spacial score (nSPS) is 12.5. The lowest BCUT2D eigenvalue weighted by atomic mass is 10.1. The standard InChI is InChI=1S/C9H7F3O3/c10-4-1-6(11)5(7(12)2-4)3-8(13)9(14)15/h1-2,8,13H,3H2,(H,14,15). The van der Waals surface area contributed by atoms with Gasteiger partial charge < -0.3 is 10.2 Å². The average Bonchev–Trinajstić information content (AvgIpc) is 2.10. The van der Waals surface area contributed by atoms with Gasteiger partial charge in [0.1, 0.15) is 17.5 Å². The second-order valence-corrected chi connectivity index (χ2v) is 2.91. The highest BCUT2D eigenvalue weighted by molar-refractivity contribution is 5.72. The van der Waals surface area contributed by atoms with Crippen LogP contribution in [0.1, 0.15) is 5.56 Å². The fourth-order valence-electron chi connectivity index (χ4n) is 1.05. The fourth-order valence-corrected chi connectivity index (χ4v) is 1.05. The van der Waals surface area contributed by atoms with E-state index in [0.29, 0.717) is 12.1 Å². The number of benzene rings is 1. The molecule has 1 unspecified atom stereocenters. The van der Waals surface area contributed by atoms with Crippen LogP contribution >= 0.6 is 0 Å². The molecule has 0 radical (unpaired) electrons. The van der Waals surface area contributed by atoms with Gasteiger partial charge in [-0.15, -0.1) is 0 Å². The van der Waals surface area contributed by atoms with Gasteiger partial charge in [0.15, 0.2) is 6.10 Å². The molecule has 0 aliphatic rings. The molecule has 1 rings (SSSR count). The van der Waals surface area contributed by atoms with Crippen molar-refractivity contribution >= 4 is 5.97 Å². The van der Waals surface area contributed by atoms with Crippen LogP contribution in [0.15, 0.2) is 12.1 Å². The van der Waals surface area contributed by atoms with Crippen LogP contribution in [0.2, 0.25) is 0 Å². The maximum atomic E-state index is 13.0. The summed E-state index contributed by atoms with van der Waals surface area (Å²) >= 11 is 0. The molecule has 1 atom stereocenters. The van der Waals surface area contributed by atoms with Crippen LogP contribution in [0.25, 0.3) is 0 Å². The van der Waals surface area contributed by atoms with E-state index in [1.54, 1.807) is 0 Å². The summed E-state index contributed by atoms with van der Waals surface area (Å²) < 4.78 is 38.3. The van der Waals surface area contributed by atoms with Gasteiger partial charge in [-0.05, 0) is 0 Å². The highest BCUT2D eigenvalue weighted by Gasteiger charge is 2.19. The van der Waals surface area contributed by atoms with E-state index in [2.05, 4.69) is 0 Å². The third kappa shape index (κ3) is 2.69. The number of hydrogen-bond donors (Lipinski definition) is 2. The topological polar surface area (TPSA) is 57.5 Å². The first-order chi connectivity index (χ1) is 6.91. The largest absolute Gasteiger partial charge is 0.479 e. The van der Waals surface area contributed by atoms with Crippen LogP contribution in [-0.2, 0) is 11.2 Å². The predicted octanol–water partition coefficient (Wildman–Crippen LogP) is 1.09. The van der Waals surface area contributed by atoms with Gasteiger partial charge in [0.25, 0.3) is 0 Å². The van der Waals surface area contributed by atoms with Gasteiger partial charge in [0, 0.05) is 24.1 Å². The lowest BCUT2D eigenvalue weighted by Gasteiger charge is -2.07. The van der Waals surface area contributed by atoms with Gasteiger partial charge in [-0.2, -0.15) is 0 Å². The molecule has 15 heavy (non-hydrogen) atoms. The van der Waals surface area contributed by atoms with E-state index < -0.39 is 41.5 Å². The summed E-state index contributed by atoms with van der Waals surface area (Å²) in [7, 11) is 0. The van der Waals surface area contributed by atoms with Crippen LogP contribution < -0.4 is 0 Å². The number of carboxylic acids is 1. The molecular weight excluding hydrogens is 213 g/mol. The smallest absolute Gasteiger partial charge is 0.332 e. The van der Waals surface area contributed by atoms with Gasteiger partial charge >= 0.3 is 5.97 Å². The molecule has 0 aliphatic heterocycles. The molecule has 0 fully saturated rings. The van der Waals surface area contributed by atoms with Crippen molar-refractivity contribution in [3.05, 3.63) is 35.1 Å². The molecule has 1 aromatic carbocycles. The summed E-state index contributed by atoms with van der Waals surface area (Å²) in [5.74, 6) is -5.13. The SMILES string of the molecule is O=C(O)C(O)Cc1c(F)cc(F)cc1F. The van der Waals surface area contributed by atoms with Crippen molar-refractivity contribution in [3.8, 4) is 0 Å². The minimum absolute atomic E-state index is 0.424. The average molecular weight is 220 g/mol. The van der Waals surface area contributed by atoms with Gasteiger partial charge in [0.2, 0.25) is 0 Å². The lowest BCUT2D eigenvalue weighted by Crippen LogP contribution is -2.23. The van der Waals surface area contributed by atoms with Crippen LogP contribution in [0.5, 0.6) is 0 Å². The molecule has 0 bridgehead atoms. The summed E-state index contributed by atoms with van der Waals surface area (Å²) in [5.41, 5.74) is -0.647. The number of halogens is 3. The Labute approximate surface area is 82.8 Å². The summed E-state index contributed by atoms with van der Waals surface area (Å²) in [6.45, 7) is 0. The molecule has 3 nitrogen and oxygen atoms in total. The van der Waals surface area contributed by atoms with Gasteiger partial charge in [-0.3, -0.25) is 0 Å². The van der Waals surface area contributed by atoms with E-state index in [-0.39, 0.29) is 0 Å². The molecule has 0 spiro atoms. The molecular formula is C9H7F3O3. The Morgan fingerprint density at radius 3 is 2.13 bits per heavy atom. The molecule has 2 N–H and O–H groups in total. The molecule has 0 heterocycles. The predicted molar refractivity (Wildman–Crippen MR) is 43.7 cm³/mol. The zero-order valence-corrected chi connectivity index (χ0v) is 7.38. The Balaban J connectivity index is 3.00. The van der Waals surface area contributed by atoms with Gasteiger partial charge in [-0.25, -0.2) is 18.0 Å². The van der Waals surface area contributed by atoms with E-state index in [1.807, 2.05) is 0 Å².